The Balaban J connectivity index is 2.62. The van der Waals surface area contributed by atoms with Crippen molar-refractivity contribution in [3.8, 4) is 0 Å². The first kappa shape index (κ1) is 12.0. The van der Waals surface area contributed by atoms with Crippen molar-refractivity contribution in [3.05, 3.63) is 17.6 Å². The van der Waals surface area contributed by atoms with Gasteiger partial charge in [0.05, 0.1) is 0 Å². The summed E-state index contributed by atoms with van der Waals surface area (Å²) in [5.41, 5.74) is 1.05. The molecule has 0 aliphatic rings. The van der Waals surface area contributed by atoms with Crippen LogP contribution in [-0.2, 0) is 6.42 Å². The third kappa shape index (κ3) is 4.28. The van der Waals surface area contributed by atoms with E-state index in [9.17, 15) is 0 Å². The van der Waals surface area contributed by atoms with Crippen molar-refractivity contribution >= 4 is 5.82 Å². The zero-order valence-electron chi connectivity index (χ0n) is 10.0. The second-order valence-electron chi connectivity index (χ2n) is 3.84. The van der Waals surface area contributed by atoms with E-state index in [1.54, 1.807) is 0 Å². The molecule has 0 aliphatic heterocycles. The molecular weight excluding hydrogens is 186 g/mol. The first-order chi connectivity index (χ1) is 7.26. The fraction of sp³-hybridized carbons (Fsp3) is 0.667. The molecular formula is C12H21N3. The van der Waals surface area contributed by atoms with Gasteiger partial charge < -0.3 is 5.32 Å². The Hall–Kier alpha value is -1.12. The van der Waals surface area contributed by atoms with Gasteiger partial charge in [0.1, 0.15) is 11.6 Å². The van der Waals surface area contributed by atoms with E-state index in [1.165, 1.54) is 12.8 Å². The number of hydrogen-bond donors (Lipinski definition) is 1. The number of nitrogens with one attached hydrogen (secondary N) is 1. The van der Waals surface area contributed by atoms with Crippen molar-refractivity contribution in [3.63, 3.8) is 0 Å². The summed E-state index contributed by atoms with van der Waals surface area (Å²) < 4.78 is 0. The van der Waals surface area contributed by atoms with Crippen LogP contribution in [0.4, 0.5) is 5.82 Å². The second-order valence-corrected chi connectivity index (χ2v) is 3.84. The predicted molar refractivity (Wildman–Crippen MR) is 64.2 cm³/mol. The van der Waals surface area contributed by atoms with Gasteiger partial charge in [0.25, 0.3) is 0 Å². The van der Waals surface area contributed by atoms with Gasteiger partial charge in [-0.2, -0.15) is 0 Å². The first-order valence-corrected chi connectivity index (χ1v) is 5.84. The summed E-state index contributed by atoms with van der Waals surface area (Å²) in [5, 5.41) is 3.33. The normalized spacial score (nSPS) is 10.3. The number of aromatic nitrogens is 2. The summed E-state index contributed by atoms with van der Waals surface area (Å²) >= 11 is 0. The average Bonchev–Trinajstić information content (AvgIpc) is 2.18. The molecule has 0 fully saturated rings. The highest BCUT2D eigenvalue weighted by Gasteiger charge is 2.00. The van der Waals surface area contributed by atoms with Crippen LogP contribution in [0.25, 0.3) is 0 Å². The van der Waals surface area contributed by atoms with Crippen LogP contribution in [0.5, 0.6) is 0 Å². The summed E-state index contributed by atoms with van der Waals surface area (Å²) in [5.74, 6) is 1.93. The number of hydrogen-bond acceptors (Lipinski definition) is 3. The molecule has 0 atom stereocenters. The lowest BCUT2D eigenvalue weighted by atomic mass is 10.3. The fourth-order valence-corrected chi connectivity index (χ4v) is 1.45. The van der Waals surface area contributed by atoms with E-state index in [4.69, 9.17) is 0 Å². The maximum Gasteiger partial charge on any atom is 0.130 e. The highest BCUT2D eigenvalue weighted by Crippen LogP contribution is 2.07. The number of anilines is 1. The van der Waals surface area contributed by atoms with Crippen molar-refractivity contribution in [2.75, 3.05) is 11.9 Å². The molecule has 1 N–H and O–H groups in total. The number of aryl methyl sites for hydroxylation is 2. The second kappa shape index (κ2) is 6.38. The highest BCUT2D eigenvalue weighted by atomic mass is 15.0. The molecule has 15 heavy (non-hydrogen) atoms. The summed E-state index contributed by atoms with van der Waals surface area (Å²) in [4.78, 5) is 8.87. The van der Waals surface area contributed by atoms with Crippen molar-refractivity contribution in [1.29, 1.82) is 0 Å². The van der Waals surface area contributed by atoms with Crippen LogP contribution in [0.3, 0.4) is 0 Å². The Kier molecular flexibility index (Phi) is 5.08. The van der Waals surface area contributed by atoms with Crippen LogP contribution in [0.2, 0.25) is 0 Å². The van der Waals surface area contributed by atoms with Gasteiger partial charge in [-0.1, -0.05) is 20.3 Å². The minimum absolute atomic E-state index is 0.955. The molecule has 1 heterocycles. The van der Waals surface area contributed by atoms with Crippen LogP contribution < -0.4 is 5.32 Å². The molecule has 0 amide bonds. The number of rotatable bonds is 6. The van der Waals surface area contributed by atoms with Crippen LogP contribution >= 0.6 is 0 Å². The van der Waals surface area contributed by atoms with Gasteiger partial charge in [-0.05, 0) is 19.8 Å². The molecule has 0 bridgehead atoms. The smallest absolute Gasteiger partial charge is 0.130 e. The van der Waals surface area contributed by atoms with Gasteiger partial charge in [-0.25, -0.2) is 9.97 Å². The SMILES string of the molecule is CCCCNc1cc(C)nc(CCC)n1. The third-order valence-electron chi connectivity index (χ3n) is 2.21. The molecule has 0 aliphatic carbocycles. The lowest BCUT2D eigenvalue weighted by Crippen LogP contribution is -2.06. The highest BCUT2D eigenvalue weighted by molar-refractivity contribution is 5.35. The Bertz CT molecular complexity index is 297. The van der Waals surface area contributed by atoms with Gasteiger partial charge in [0, 0.05) is 24.7 Å². The lowest BCUT2D eigenvalue weighted by Gasteiger charge is -2.07. The maximum atomic E-state index is 4.47. The Labute approximate surface area is 92.3 Å². The molecule has 84 valence electrons. The van der Waals surface area contributed by atoms with E-state index in [-0.39, 0.29) is 0 Å². The largest absolute Gasteiger partial charge is 0.370 e. The van der Waals surface area contributed by atoms with Crippen LogP contribution in [0.1, 0.15) is 44.6 Å². The zero-order valence-corrected chi connectivity index (χ0v) is 10.0. The van der Waals surface area contributed by atoms with Gasteiger partial charge in [-0.15, -0.1) is 0 Å². The van der Waals surface area contributed by atoms with E-state index in [2.05, 4.69) is 29.1 Å². The number of nitrogens with zero attached hydrogens (tertiary/aromatic N) is 2. The maximum absolute atomic E-state index is 4.47. The predicted octanol–water partition coefficient (Wildman–Crippen LogP) is 2.95. The molecule has 0 unspecified atom stereocenters. The summed E-state index contributed by atoms with van der Waals surface area (Å²) in [6.07, 6.45) is 4.45. The van der Waals surface area contributed by atoms with Crippen molar-refractivity contribution in [1.82, 2.24) is 9.97 Å². The fourth-order valence-electron chi connectivity index (χ4n) is 1.45. The Morgan fingerprint density at radius 1 is 1.20 bits per heavy atom. The molecule has 3 heteroatoms. The molecule has 1 aromatic heterocycles. The van der Waals surface area contributed by atoms with Gasteiger partial charge in [0.15, 0.2) is 0 Å². The van der Waals surface area contributed by atoms with Crippen molar-refractivity contribution in [2.24, 2.45) is 0 Å². The van der Waals surface area contributed by atoms with Crippen LogP contribution in [-0.4, -0.2) is 16.5 Å². The molecule has 0 radical (unpaired) electrons. The molecule has 0 saturated heterocycles. The lowest BCUT2D eigenvalue weighted by molar-refractivity contribution is 0.808. The summed E-state index contributed by atoms with van der Waals surface area (Å²) in [6.45, 7) is 7.36. The van der Waals surface area contributed by atoms with E-state index >= 15 is 0 Å². The quantitative estimate of drug-likeness (QED) is 0.729. The number of unbranched alkanes of at least 4 members (excludes halogenated alkanes) is 1. The van der Waals surface area contributed by atoms with E-state index < -0.39 is 0 Å². The van der Waals surface area contributed by atoms with Crippen molar-refractivity contribution in [2.45, 2.75) is 46.5 Å². The Morgan fingerprint density at radius 2 is 2.00 bits per heavy atom. The zero-order chi connectivity index (χ0) is 11.1. The summed E-state index contributed by atoms with van der Waals surface area (Å²) in [7, 11) is 0. The molecule has 3 nitrogen and oxygen atoms in total. The third-order valence-corrected chi connectivity index (χ3v) is 2.21. The topological polar surface area (TPSA) is 37.8 Å². The van der Waals surface area contributed by atoms with Gasteiger partial charge in [-0.3, -0.25) is 0 Å². The van der Waals surface area contributed by atoms with E-state index in [1.807, 2.05) is 13.0 Å². The molecule has 0 spiro atoms. The monoisotopic (exact) mass is 207 g/mol. The van der Waals surface area contributed by atoms with Gasteiger partial charge in [0.2, 0.25) is 0 Å². The molecule has 1 aromatic rings. The van der Waals surface area contributed by atoms with E-state index in [0.717, 1.165) is 36.7 Å². The minimum Gasteiger partial charge on any atom is -0.370 e. The van der Waals surface area contributed by atoms with Crippen LogP contribution in [0.15, 0.2) is 6.07 Å². The average molecular weight is 207 g/mol. The van der Waals surface area contributed by atoms with Gasteiger partial charge >= 0.3 is 0 Å². The van der Waals surface area contributed by atoms with E-state index in [0.29, 0.717) is 0 Å². The molecule has 0 saturated carbocycles. The molecule has 0 aromatic carbocycles. The standard InChI is InChI=1S/C12H21N3/c1-4-6-8-13-12-9-10(3)14-11(15-12)7-5-2/h9H,4-8H2,1-3H3,(H,13,14,15). The van der Waals surface area contributed by atoms with Crippen LogP contribution in [0, 0.1) is 6.92 Å². The minimum atomic E-state index is 0.955. The first-order valence-electron chi connectivity index (χ1n) is 5.84. The van der Waals surface area contributed by atoms with Crippen molar-refractivity contribution < 1.29 is 0 Å². The Morgan fingerprint density at radius 3 is 2.67 bits per heavy atom. The molecule has 1 rings (SSSR count). The summed E-state index contributed by atoms with van der Waals surface area (Å²) in [6, 6.07) is 2.01.